The number of hydrogen-bond acceptors (Lipinski definition) is 15. The first-order valence-electron chi connectivity index (χ1n) is 33.4. The van der Waals surface area contributed by atoms with Crippen molar-refractivity contribution in [2.75, 3.05) is 135 Å². The van der Waals surface area contributed by atoms with E-state index < -0.39 is 0 Å². The normalized spacial score (nSPS) is 13.2. The molecule has 7 N–H and O–H groups in total. The highest BCUT2D eigenvalue weighted by Crippen LogP contribution is 2.49. The maximum Gasteiger partial charge on any atom is 0.302 e. The number of rotatable bonds is 36. The van der Waals surface area contributed by atoms with Crippen molar-refractivity contribution in [1.82, 2.24) is 31.9 Å². The van der Waals surface area contributed by atoms with Crippen molar-refractivity contribution in [1.29, 1.82) is 0 Å². The Morgan fingerprint density at radius 1 is 0.398 bits per heavy atom. The summed E-state index contributed by atoms with van der Waals surface area (Å²) >= 11 is 0. The van der Waals surface area contributed by atoms with Crippen LogP contribution >= 0.6 is 0 Å². The van der Waals surface area contributed by atoms with Gasteiger partial charge in [-0.15, -0.1) is 0 Å². The summed E-state index contributed by atoms with van der Waals surface area (Å²) in [5.41, 5.74) is 17.8. The van der Waals surface area contributed by atoms with Gasteiger partial charge in [0.05, 0.1) is 46.2 Å². The fourth-order valence-electron chi connectivity index (χ4n) is 12.4. The molecule has 0 spiro atoms. The minimum Gasteiger partial charge on any atom is -0.465 e. The predicted molar refractivity (Wildman–Crippen MR) is 377 cm³/mol. The average Bonchev–Trinajstić information content (AvgIpc) is 1.61. The van der Waals surface area contributed by atoms with Crippen LogP contribution in [0.5, 0.6) is 0 Å². The van der Waals surface area contributed by atoms with Crippen LogP contribution in [0.3, 0.4) is 0 Å². The van der Waals surface area contributed by atoms with Gasteiger partial charge in [0, 0.05) is 142 Å². The van der Waals surface area contributed by atoms with Crippen LogP contribution in [0, 0.1) is 0 Å². The van der Waals surface area contributed by atoms with Crippen LogP contribution in [0.4, 0.5) is 0 Å². The van der Waals surface area contributed by atoms with Crippen LogP contribution in [0.25, 0.3) is 39.0 Å². The Labute approximate surface area is 575 Å². The minimum atomic E-state index is -0.343. The molecule has 3 aliphatic carbocycles. The molecular formula is C77H96N6O15. The van der Waals surface area contributed by atoms with Gasteiger partial charge in [-0.05, 0) is 140 Å². The fraction of sp³-hybridized carbons (Fsp3) is 0.416. The van der Waals surface area contributed by atoms with E-state index in [1.165, 1.54) is 6.92 Å². The van der Waals surface area contributed by atoms with Gasteiger partial charge >= 0.3 is 5.97 Å². The van der Waals surface area contributed by atoms with Crippen molar-refractivity contribution in [2.24, 2.45) is 0 Å². The molecule has 0 bridgehead atoms. The number of aliphatic hydroxyl groups is 1. The molecule has 3 aliphatic rings. The third-order valence-electron chi connectivity index (χ3n) is 17.2. The van der Waals surface area contributed by atoms with Crippen LogP contribution < -0.4 is 31.9 Å². The number of carbonyl (C=O) groups is 7. The van der Waals surface area contributed by atoms with E-state index in [0.29, 0.717) is 121 Å². The third-order valence-corrected chi connectivity index (χ3v) is 17.2. The molecule has 0 fully saturated rings. The third kappa shape index (κ3) is 21.0. The summed E-state index contributed by atoms with van der Waals surface area (Å²) in [5, 5.41) is 27.3. The Balaban J connectivity index is 0.000000207. The average molecular weight is 1350 g/mol. The number of benzene rings is 6. The first-order valence-corrected chi connectivity index (χ1v) is 33.4. The quantitative estimate of drug-likeness (QED) is 0.0144. The molecule has 6 aromatic carbocycles. The molecule has 9 rings (SSSR count). The highest BCUT2D eigenvalue weighted by molar-refractivity contribution is 6.10. The summed E-state index contributed by atoms with van der Waals surface area (Å²) in [6, 6.07) is 35.7. The summed E-state index contributed by atoms with van der Waals surface area (Å²) in [5.74, 6) is -1.02. The lowest BCUT2D eigenvalue weighted by Crippen LogP contribution is -2.27. The molecule has 0 saturated heterocycles. The molecule has 0 heterocycles. The van der Waals surface area contributed by atoms with Gasteiger partial charge in [-0.3, -0.25) is 33.6 Å². The first kappa shape index (κ1) is 76.4. The number of methoxy groups -OCH3 is 6. The molecule has 6 amide bonds. The van der Waals surface area contributed by atoms with Crippen LogP contribution in [0.2, 0.25) is 0 Å². The molecule has 6 aromatic rings. The van der Waals surface area contributed by atoms with E-state index in [1.807, 2.05) is 78.9 Å². The molecule has 0 aromatic heterocycles. The molecular weight excluding hydrogens is 1250 g/mol. The standard InChI is InChI=1S/C27H34N2O6.C25H32N2O5.C25H30N2O4/c1-18(30)35-17-24-20-7-5-8-22(27(32)29-13-15-34-3)26(20)21-11-10-19(16-23(21)24)6-4-9-25(31)28-12-14-33-2;1-31-13-11-26-23(29)8-3-5-17-9-10-19-21(15-17)22(16-28)18-6-4-7-20(24(18)19)25(30)27-12-14-32-2;1-17-19-7-5-8-21(25(29)27-13-15-31-3)24(19)20-11-10-18(16-22(17)20)6-4-9-23(28)26-12-14-30-2/h5,7-8,10-11,16,24H,4,6,9,12-15,17H2,1-3H3,(H,28,31)(H,29,32);4,6-7,9-10,15,22,28H,3,5,8,11-14,16H2,1-2H3,(H,26,29)(H,27,30);5,7-8,10-11,16H,1,4,6,9,12-15H2,2-3H3,(H,26,28)(H,27,29). The van der Waals surface area contributed by atoms with Crippen molar-refractivity contribution in [3.8, 4) is 33.4 Å². The summed E-state index contributed by atoms with van der Waals surface area (Å²) in [6.07, 6.45) is 5.90. The second-order valence-corrected chi connectivity index (χ2v) is 23.9. The Morgan fingerprint density at radius 3 is 1.15 bits per heavy atom. The van der Waals surface area contributed by atoms with E-state index in [2.05, 4.69) is 68.8 Å². The van der Waals surface area contributed by atoms with Gasteiger partial charge < -0.3 is 70.2 Å². The number of aryl methyl sites for hydroxylation is 3. The van der Waals surface area contributed by atoms with Crippen LogP contribution in [0.15, 0.2) is 116 Å². The van der Waals surface area contributed by atoms with E-state index in [1.54, 1.807) is 42.7 Å². The van der Waals surface area contributed by atoms with Gasteiger partial charge in [0.25, 0.3) is 17.7 Å². The Morgan fingerprint density at radius 2 is 0.755 bits per heavy atom. The number of fused-ring (bicyclic) bond motifs is 9. The second kappa shape index (κ2) is 40.1. The maximum absolute atomic E-state index is 12.9. The lowest BCUT2D eigenvalue weighted by molar-refractivity contribution is -0.141. The van der Waals surface area contributed by atoms with Gasteiger partial charge in [-0.2, -0.15) is 0 Å². The molecule has 2 unspecified atom stereocenters. The van der Waals surface area contributed by atoms with Crippen LogP contribution in [-0.2, 0) is 71.6 Å². The van der Waals surface area contributed by atoms with E-state index in [-0.39, 0.29) is 66.5 Å². The molecule has 21 nitrogen and oxygen atoms in total. The van der Waals surface area contributed by atoms with Gasteiger partial charge in [-0.1, -0.05) is 97.6 Å². The van der Waals surface area contributed by atoms with Crippen molar-refractivity contribution >= 4 is 47.0 Å². The number of carbonyl (C=O) groups excluding carboxylic acids is 7. The van der Waals surface area contributed by atoms with Gasteiger partial charge in [0.1, 0.15) is 6.61 Å². The van der Waals surface area contributed by atoms with Gasteiger partial charge in [0.15, 0.2) is 0 Å². The van der Waals surface area contributed by atoms with Crippen molar-refractivity contribution in [2.45, 2.75) is 76.5 Å². The highest BCUT2D eigenvalue weighted by Gasteiger charge is 2.35. The molecule has 21 heteroatoms. The van der Waals surface area contributed by atoms with Crippen LogP contribution in [-0.4, -0.2) is 181 Å². The minimum absolute atomic E-state index is 0.00692. The zero-order valence-corrected chi connectivity index (χ0v) is 57.7. The predicted octanol–water partition coefficient (Wildman–Crippen LogP) is 8.27. The Bertz CT molecular complexity index is 3720. The summed E-state index contributed by atoms with van der Waals surface area (Å²) in [4.78, 5) is 85.7. The van der Waals surface area contributed by atoms with Crippen molar-refractivity contribution in [3.05, 3.63) is 183 Å². The van der Waals surface area contributed by atoms with Gasteiger partial charge in [-0.25, -0.2) is 0 Å². The van der Waals surface area contributed by atoms with Crippen molar-refractivity contribution < 1.29 is 71.8 Å². The second-order valence-electron chi connectivity index (χ2n) is 23.9. The SMILES string of the molecule is C=C1c2cc(CCCC(=O)NCCOC)ccc2-c2c1cccc2C(=O)NCCOC.COCCNC(=O)CCCc1ccc2c(c1)C(CO)c1cccc(C(=O)NCCOC)c1-2.COCCNC(=O)CCCc1ccc2c(c1)C(COC(C)=O)c1cccc(C(=O)NCCOC)c1-2. The Hall–Kier alpha value is -8.93. The van der Waals surface area contributed by atoms with Crippen LogP contribution in [0.1, 0.15) is 138 Å². The summed E-state index contributed by atoms with van der Waals surface area (Å²) < 4.78 is 35.3. The first-order chi connectivity index (χ1) is 47.6. The van der Waals surface area contributed by atoms with E-state index >= 15 is 0 Å². The van der Waals surface area contributed by atoms with Gasteiger partial charge in [0.2, 0.25) is 17.7 Å². The molecule has 98 heavy (non-hydrogen) atoms. The summed E-state index contributed by atoms with van der Waals surface area (Å²) in [6.45, 7) is 11.6. The van der Waals surface area contributed by atoms with E-state index in [4.69, 9.17) is 33.2 Å². The number of amides is 6. The zero-order valence-electron chi connectivity index (χ0n) is 57.7. The largest absolute Gasteiger partial charge is 0.465 e. The fourth-order valence-corrected chi connectivity index (χ4v) is 12.4. The number of ether oxygens (including phenoxy) is 7. The monoisotopic (exact) mass is 1340 g/mol. The molecule has 524 valence electrons. The van der Waals surface area contributed by atoms with E-state index in [0.717, 1.165) is 121 Å². The number of nitrogens with one attached hydrogen (secondary N) is 6. The number of esters is 1. The maximum atomic E-state index is 12.9. The summed E-state index contributed by atoms with van der Waals surface area (Å²) in [7, 11) is 9.62. The lowest BCUT2D eigenvalue weighted by Gasteiger charge is -2.14. The number of hydrogen-bond donors (Lipinski definition) is 7. The zero-order chi connectivity index (χ0) is 70.3. The lowest BCUT2D eigenvalue weighted by atomic mass is 9.95. The van der Waals surface area contributed by atoms with E-state index in [9.17, 15) is 38.7 Å². The molecule has 0 saturated carbocycles. The topological polar surface area (TPSA) is 277 Å². The molecule has 2 atom stereocenters. The Kier molecular flexibility index (Phi) is 31.3. The smallest absolute Gasteiger partial charge is 0.302 e. The molecule has 0 radical (unpaired) electrons. The van der Waals surface area contributed by atoms with Crippen molar-refractivity contribution in [3.63, 3.8) is 0 Å². The number of aliphatic hydroxyl groups excluding tert-OH is 1. The highest BCUT2D eigenvalue weighted by atomic mass is 16.5. The molecule has 0 aliphatic heterocycles.